The summed E-state index contributed by atoms with van der Waals surface area (Å²) in [6.45, 7) is 0. The van der Waals surface area contributed by atoms with Crippen LogP contribution < -0.4 is 0 Å². The molecule has 6 heteroatoms. The molecule has 0 aliphatic carbocycles. The Morgan fingerprint density at radius 3 is 1.86 bits per heavy atom. The lowest BCUT2D eigenvalue weighted by Crippen LogP contribution is -2.00. The summed E-state index contributed by atoms with van der Waals surface area (Å²) in [7, 11) is 0. The number of aromatic nitrogens is 4. The maximum absolute atomic E-state index is 6.40. The average Bonchev–Trinajstić information content (AvgIpc) is 4.06. The van der Waals surface area contributed by atoms with Crippen LogP contribution in [0.3, 0.4) is 0 Å². The molecule has 0 bridgehead atoms. The fourth-order valence-corrected chi connectivity index (χ4v) is 11.2. The minimum atomic E-state index is 0.615. The predicted octanol–water partition coefficient (Wildman–Crippen LogP) is 16.2. The molecule has 10 aromatic carbocycles. The van der Waals surface area contributed by atoms with Crippen molar-refractivity contribution in [1.29, 1.82) is 0 Å². The van der Waals surface area contributed by atoms with Crippen molar-refractivity contribution >= 4 is 96.8 Å². The third-order valence-electron chi connectivity index (χ3n) is 13.0. The minimum absolute atomic E-state index is 0.615. The Hall–Kier alpha value is -8.45. The van der Waals surface area contributed by atoms with Gasteiger partial charge in [-0.1, -0.05) is 170 Å². The SMILES string of the molecule is c1ccc2cc(-c3nc(-c4ccc(-c5cccc6c5oc5ccccc56)cc4)nc(-c4ccc5c(c4)sc4c(-n6c7ccccc7c7c8ccccc8ccc76)cccc45)n3)ccc2c1. The number of rotatable bonds is 5. The van der Waals surface area contributed by atoms with E-state index in [1.807, 2.05) is 23.5 Å². The molecule has 14 aromatic rings. The summed E-state index contributed by atoms with van der Waals surface area (Å²) in [5.41, 5.74) is 10.2. The lowest BCUT2D eigenvalue weighted by Gasteiger charge is -2.10. The van der Waals surface area contributed by atoms with Crippen LogP contribution in [0.5, 0.6) is 0 Å². The zero-order valence-electron chi connectivity index (χ0n) is 34.7. The van der Waals surface area contributed by atoms with Gasteiger partial charge in [-0.2, -0.15) is 0 Å². The molecule has 0 radical (unpaired) electrons. The van der Waals surface area contributed by atoms with Crippen molar-refractivity contribution in [2.45, 2.75) is 0 Å². The van der Waals surface area contributed by atoms with Crippen LogP contribution in [0.4, 0.5) is 0 Å². The van der Waals surface area contributed by atoms with Crippen LogP contribution in [0.1, 0.15) is 0 Å². The first-order chi connectivity index (χ1) is 32.2. The number of hydrogen-bond acceptors (Lipinski definition) is 5. The molecule has 0 amide bonds. The summed E-state index contributed by atoms with van der Waals surface area (Å²) in [5, 5.41) is 12.0. The molecule has 0 aliphatic rings. The maximum Gasteiger partial charge on any atom is 0.164 e. The molecular weight excluding hydrogens is 813 g/mol. The highest BCUT2D eigenvalue weighted by atomic mass is 32.1. The zero-order chi connectivity index (χ0) is 42.6. The van der Waals surface area contributed by atoms with E-state index in [4.69, 9.17) is 19.4 Å². The van der Waals surface area contributed by atoms with E-state index in [1.165, 1.54) is 63.8 Å². The van der Waals surface area contributed by atoms with Crippen LogP contribution in [0.2, 0.25) is 0 Å². The number of nitrogens with zero attached hydrogens (tertiary/aromatic N) is 4. The van der Waals surface area contributed by atoms with Gasteiger partial charge in [-0.15, -0.1) is 11.3 Å². The number of fused-ring (bicyclic) bond motifs is 12. The lowest BCUT2D eigenvalue weighted by atomic mass is 10.0. The molecule has 0 saturated carbocycles. The molecule has 0 unspecified atom stereocenters. The topological polar surface area (TPSA) is 56.7 Å². The third kappa shape index (κ3) is 5.61. The van der Waals surface area contributed by atoms with Gasteiger partial charge >= 0.3 is 0 Å². The Kier molecular flexibility index (Phi) is 7.79. The fourth-order valence-electron chi connectivity index (χ4n) is 9.96. The van der Waals surface area contributed by atoms with Crippen LogP contribution in [0, 0.1) is 0 Å². The summed E-state index contributed by atoms with van der Waals surface area (Å²) >= 11 is 1.82. The van der Waals surface area contributed by atoms with Gasteiger partial charge in [0.2, 0.25) is 0 Å². The summed E-state index contributed by atoms with van der Waals surface area (Å²) in [6.07, 6.45) is 0. The Balaban J connectivity index is 0.917. The second-order valence-electron chi connectivity index (χ2n) is 16.7. The van der Waals surface area contributed by atoms with Gasteiger partial charge in [-0.25, -0.2) is 15.0 Å². The zero-order valence-corrected chi connectivity index (χ0v) is 35.6. The van der Waals surface area contributed by atoms with E-state index in [2.05, 4.69) is 199 Å². The first-order valence-electron chi connectivity index (χ1n) is 21.8. The van der Waals surface area contributed by atoms with Crippen LogP contribution in [0.15, 0.2) is 211 Å². The first-order valence-corrected chi connectivity index (χ1v) is 22.7. The molecule has 4 aromatic heterocycles. The average molecular weight is 847 g/mol. The highest BCUT2D eigenvalue weighted by Gasteiger charge is 2.20. The minimum Gasteiger partial charge on any atom is -0.455 e. The fraction of sp³-hybridized carbons (Fsp3) is 0. The van der Waals surface area contributed by atoms with Crippen molar-refractivity contribution in [2.75, 3.05) is 0 Å². The molecule has 0 fully saturated rings. The highest BCUT2D eigenvalue weighted by molar-refractivity contribution is 7.26. The van der Waals surface area contributed by atoms with E-state index in [-0.39, 0.29) is 0 Å². The monoisotopic (exact) mass is 846 g/mol. The summed E-state index contributed by atoms with van der Waals surface area (Å²) in [5.74, 6) is 1.87. The van der Waals surface area contributed by atoms with E-state index < -0.39 is 0 Å². The Morgan fingerprint density at radius 2 is 1.00 bits per heavy atom. The van der Waals surface area contributed by atoms with Crippen molar-refractivity contribution in [2.24, 2.45) is 0 Å². The third-order valence-corrected chi connectivity index (χ3v) is 14.2. The van der Waals surface area contributed by atoms with Crippen molar-refractivity contribution in [3.05, 3.63) is 206 Å². The van der Waals surface area contributed by atoms with E-state index in [1.54, 1.807) is 0 Å². The van der Waals surface area contributed by atoms with Crippen LogP contribution >= 0.6 is 11.3 Å². The van der Waals surface area contributed by atoms with Gasteiger partial charge in [0, 0.05) is 59.3 Å². The van der Waals surface area contributed by atoms with E-state index in [9.17, 15) is 0 Å². The molecule has 65 heavy (non-hydrogen) atoms. The van der Waals surface area contributed by atoms with Crippen LogP contribution in [0.25, 0.3) is 136 Å². The van der Waals surface area contributed by atoms with Crippen molar-refractivity contribution in [3.8, 4) is 51.0 Å². The molecule has 5 nitrogen and oxygen atoms in total. The number of hydrogen-bond donors (Lipinski definition) is 0. The molecule has 0 saturated heterocycles. The predicted molar refractivity (Wildman–Crippen MR) is 271 cm³/mol. The second-order valence-corrected chi connectivity index (χ2v) is 17.8. The largest absolute Gasteiger partial charge is 0.455 e. The van der Waals surface area contributed by atoms with Gasteiger partial charge < -0.3 is 8.98 Å². The molecular formula is C59H34N4OS. The molecule has 0 spiro atoms. The van der Waals surface area contributed by atoms with Gasteiger partial charge in [-0.05, 0) is 63.5 Å². The van der Waals surface area contributed by atoms with Crippen LogP contribution in [-0.4, -0.2) is 19.5 Å². The number of thiophene rings is 1. The van der Waals surface area contributed by atoms with Gasteiger partial charge in [0.1, 0.15) is 11.2 Å². The Labute approximate surface area is 376 Å². The van der Waals surface area contributed by atoms with E-state index in [0.29, 0.717) is 17.5 Å². The lowest BCUT2D eigenvalue weighted by molar-refractivity contribution is 0.670. The molecule has 14 rings (SSSR count). The number of para-hydroxylation sites is 3. The normalized spacial score (nSPS) is 12.0. The maximum atomic E-state index is 6.40. The highest BCUT2D eigenvalue weighted by Crippen LogP contribution is 2.44. The Morgan fingerprint density at radius 1 is 0.385 bits per heavy atom. The Bertz CT molecular complexity index is 4250. The standard InChI is InChI=1S/C59H34N4OS/c1-2-13-39-33-40(28-23-35(39)11-1)58-60-57(38-26-24-37(25-27-38)43-17-9-18-46-44-15-6-8-22-52(44)64-55(43)46)61-59(62-58)41-29-31-45-47-19-10-21-51(56(47)65-53(45)34-41)63-49-20-7-5-16-48(49)54-42-14-4-3-12-36(42)30-32-50(54)63/h1-34H. The van der Waals surface area contributed by atoms with E-state index in [0.717, 1.165) is 55.1 Å². The number of furan rings is 1. The van der Waals surface area contributed by atoms with Crippen molar-refractivity contribution in [1.82, 2.24) is 19.5 Å². The quantitative estimate of drug-likeness (QED) is 0.173. The van der Waals surface area contributed by atoms with Gasteiger partial charge in [0.25, 0.3) is 0 Å². The second kappa shape index (κ2) is 14.0. The molecule has 0 atom stereocenters. The van der Waals surface area contributed by atoms with Gasteiger partial charge in [0.15, 0.2) is 17.5 Å². The molecule has 0 aliphatic heterocycles. The molecule has 4 heterocycles. The van der Waals surface area contributed by atoms with Crippen LogP contribution in [-0.2, 0) is 0 Å². The molecule has 0 N–H and O–H groups in total. The summed E-state index contributed by atoms with van der Waals surface area (Å²) in [4.78, 5) is 15.6. The van der Waals surface area contributed by atoms with Crippen molar-refractivity contribution in [3.63, 3.8) is 0 Å². The van der Waals surface area contributed by atoms with Gasteiger partial charge in [0.05, 0.1) is 21.4 Å². The summed E-state index contributed by atoms with van der Waals surface area (Å²) in [6, 6.07) is 73.2. The summed E-state index contributed by atoms with van der Waals surface area (Å²) < 4.78 is 11.3. The van der Waals surface area contributed by atoms with Gasteiger partial charge in [-0.3, -0.25) is 0 Å². The first kappa shape index (κ1) is 36.1. The molecule has 302 valence electrons. The van der Waals surface area contributed by atoms with E-state index >= 15 is 0 Å². The number of benzene rings is 10. The van der Waals surface area contributed by atoms with Crippen molar-refractivity contribution < 1.29 is 4.42 Å². The smallest absolute Gasteiger partial charge is 0.164 e.